The minimum atomic E-state index is 0.349. The van der Waals surface area contributed by atoms with Crippen LogP contribution in [0.3, 0.4) is 0 Å². The van der Waals surface area contributed by atoms with Crippen molar-refractivity contribution < 1.29 is 4.74 Å². The maximum Gasteiger partial charge on any atom is 0.228 e. The Morgan fingerprint density at radius 3 is 2.61 bits per heavy atom. The maximum atomic E-state index is 5.66. The van der Waals surface area contributed by atoms with Crippen molar-refractivity contribution in [1.29, 1.82) is 0 Å². The molecule has 18 heavy (non-hydrogen) atoms. The number of rotatable bonds is 4. The summed E-state index contributed by atoms with van der Waals surface area (Å²) < 4.78 is 5.66. The first-order valence-corrected chi connectivity index (χ1v) is 5.58. The first-order valence-electron chi connectivity index (χ1n) is 5.58. The SMILES string of the molecule is CN(C)c1nc(CN)cc(Oc2cc[c]cc2)n1. The fraction of sp³-hybridized carbons (Fsp3) is 0.231. The van der Waals surface area contributed by atoms with Crippen LogP contribution in [-0.4, -0.2) is 24.1 Å². The predicted octanol–water partition coefficient (Wildman–Crippen LogP) is 1.59. The van der Waals surface area contributed by atoms with E-state index in [0.29, 0.717) is 24.1 Å². The molecular weight excluding hydrogens is 228 g/mol. The van der Waals surface area contributed by atoms with Crippen molar-refractivity contribution in [2.24, 2.45) is 5.73 Å². The number of aromatic nitrogens is 2. The second-order valence-electron chi connectivity index (χ2n) is 3.93. The molecule has 0 amide bonds. The van der Waals surface area contributed by atoms with Gasteiger partial charge in [0.25, 0.3) is 0 Å². The zero-order chi connectivity index (χ0) is 13.0. The molecular formula is C13H15N4O. The average Bonchev–Trinajstić information content (AvgIpc) is 2.39. The highest BCUT2D eigenvalue weighted by molar-refractivity contribution is 5.35. The van der Waals surface area contributed by atoms with E-state index in [1.165, 1.54) is 0 Å². The number of anilines is 1. The van der Waals surface area contributed by atoms with Crippen LogP contribution < -0.4 is 15.4 Å². The normalized spacial score (nSPS) is 10.2. The van der Waals surface area contributed by atoms with E-state index in [1.807, 2.05) is 31.1 Å². The number of nitrogens with two attached hydrogens (primary N) is 1. The van der Waals surface area contributed by atoms with E-state index >= 15 is 0 Å². The van der Waals surface area contributed by atoms with Gasteiger partial charge in [-0.1, -0.05) is 12.1 Å². The van der Waals surface area contributed by atoms with Gasteiger partial charge in [0.15, 0.2) is 0 Å². The third kappa shape index (κ3) is 2.95. The van der Waals surface area contributed by atoms with E-state index in [4.69, 9.17) is 10.5 Å². The maximum absolute atomic E-state index is 5.66. The van der Waals surface area contributed by atoms with Crippen LogP contribution in [0.1, 0.15) is 5.69 Å². The lowest BCUT2D eigenvalue weighted by atomic mass is 10.3. The summed E-state index contributed by atoms with van der Waals surface area (Å²) in [6.07, 6.45) is 0. The first-order chi connectivity index (χ1) is 8.69. The molecule has 5 heteroatoms. The van der Waals surface area contributed by atoms with Crippen molar-refractivity contribution in [3.63, 3.8) is 0 Å². The van der Waals surface area contributed by atoms with E-state index in [2.05, 4.69) is 16.0 Å². The van der Waals surface area contributed by atoms with Crippen molar-refractivity contribution in [3.8, 4) is 11.6 Å². The van der Waals surface area contributed by atoms with Crippen LogP contribution in [0.5, 0.6) is 11.6 Å². The second-order valence-corrected chi connectivity index (χ2v) is 3.93. The van der Waals surface area contributed by atoms with Gasteiger partial charge in [0, 0.05) is 26.7 Å². The van der Waals surface area contributed by atoms with Crippen molar-refractivity contribution in [2.75, 3.05) is 19.0 Å². The molecule has 2 aromatic rings. The summed E-state index contributed by atoms with van der Waals surface area (Å²) in [7, 11) is 3.74. The molecule has 2 rings (SSSR count). The number of benzene rings is 1. The van der Waals surface area contributed by atoms with E-state index in [1.54, 1.807) is 18.2 Å². The lowest BCUT2D eigenvalue weighted by molar-refractivity contribution is 0.460. The van der Waals surface area contributed by atoms with Crippen LogP contribution >= 0.6 is 0 Å². The fourth-order valence-electron chi connectivity index (χ4n) is 1.38. The van der Waals surface area contributed by atoms with Crippen molar-refractivity contribution in [2.45, 2.75) is 6.54 Å². The number of ether oxygens (including phenoxy) is 1. The molecule has 1 aromatic carbocycles. The van der Waals surface area contributed by atoms with Gasteiger partial charge in [0.2, 0.25) is 11.8 Å². The van der Waals surface area contributed by atoms with Crippen LogP contribution in [0.2, 0.25) is 0 Å². The third-order valence-corrected chi connectivity index (χ3v) is 2.26. The standard InChI is InChI=1S/C13H15N4O/c1-17(2)13-15-10(9-14)8-12(16-13)18-11-6-4-3-5-7-11/h4-8H,9,14H2,1-2H3. The molecule has 93 valence electrons. The summed E-state index contributed by atoms with van der Waals surface area (Å²) in [4.78, 5) is 10.4. The Morgan fingerprint density at radius 2 is 2.00 bits per heavy atom. The highest BCUT2D eigenvalue weighted by Crippen LogP contribution is 2.21. The Labute approximate surface area is 106 Å². The minimum absolute atomic E-state index is 0.349. The Bertz CT molecular complexity index is 514. The summed E-state index contributed by atoms with van der Waals surface area (Å²) in [5.41, 5.74) is 6.35. The van der Waals surface area contributed by atoms with Crippen molar-refractivity contribution >= 4 is 5.95 Å². The summed E-state index contributed by atoms with van der Waals surface area (Å²) in [5, 5.41) is 0. The molecule has 0 fully saturated rings. The zero-order valence-electron chi connectivity index (χ0n) is 10.4. The zero-order valence-corrected chi connectivity index (χ0v) is 10.4. The van der Waals surface area contributed by atoms with Gasteiger partial charge >= 0.3 is 0 Å². The molecule has 0 saturated carbocycles. The van der Waals surface area contributed by atoms with E-state index in [-0.39, 0.29) is 0 Å². The van der Waals surface area contributed by atoms with Gasteiger partial charge < -0.3 is 15.4 Å². The van der Waals surface area contributed by atoms with E-state index < -0.39 is 0 Å². The Morgan fingerprint density at radius 1 is 1.28 bits per heavy atom. The lowest BCUT2D eigenvalue weighted by Crippen LogP contribution is -2.15. The molecule has 0 saturated heterocycles. The van der Waals surface area contributed by atoms with Crippen molar-refractivity contribution in [1.82, 2.24) is 9.97 Å². The largest absolute Gasteiger partial charge is 0.439 e. The summed E-state index contributed by atoms with van der Waals surface area (Å²) in [6, 6.07) is 11.9. The van der Waals surface area contributed by atoms with Gasteiger partial charge in [-0.05, 0) is 18.2 Å². The molecule has 0 aliphatic heterocycles. The van der Waals surface area contributed by atoms with Crippen molar-refractivity contribution in [3.05, 3.63) is 42.1 Å². The average molecular weight is 243 g/mol. The summed E-state index contributed by atoms with van der Waals surface area (Å²) in [5.74, 6) is 1.77. The molecule has 0 aliphatic carbocycles. The van der Waals surface area contributed by atoms with Crippen LogP contribution in [0.4, 0.5) is 5.95 Å². The molecule has 2 N–H and O–H groups in total. The Kier molecular flexibility index (Phi) is 3.74. The molecule has 5 nitrogen and oxygen atoms in total. The smallest absolute Gasteiger partial charge is 0.228 e. The Hall–Kier alpha value is -2.14. The molecule has 0 aliphatic rings. The molecule has 1 radical (unpaired) electrons. The predicted molar refractivity (Wildman–Crippen MR) is 69.6 cm³/mol. The van der Waals surface area contributed by atoms with Crippen LogP contribution in [0.25, 0.3) is 0 Å². The molecule has 0 unspecified atom stereocenters. The Balaban J connectivity index is 2.30. The molecule has 1 heterocycles. The van der Waals surface area contributed by atoms with Crippen LogP contribution in [0.15, 0.2) is 30.3 Å². The second kappa shape index (κ2) is 5.46. The van der Waals surface area contributed by atoms with Gasteiger partial charge in [-0.3, -0.25) is 0 Å². The lowest BCUT2D eigenvalue weighted by Gasteiger charge is -2.13. The highest BCUT2D eigenvalue weighted by atomic mass is 16.5. The van der Waals surface area contributed by atoms with E-state index in [0.717, 1.165) is 5.69 Å². The minimum Gasteiger partial charge on any atom is -0.439 e. The summed E-state index contributed by atoms with van der Waals surface area (Å²) in [6.45, 7) is 0.349. The highest BCUT2D eigenvalue weighted by Gasteiger charge is 2.07. The van der Waals surface area contributed by atoms with Crippen LogP contribution in [0, 0.1) is 6.07 Å². The molecule has 0 spiro atoms. The van der Waals surface area contributed by atoms with Gasteiger partial charge in [-0.2, -0.15) is 4.98 Å². The number of nitrogens with zero attached hydrogens (tertiary/aromatic N) is 3. The molecule has 1 aromatic heterocycles. The third-order valence-electron chi connectivity index (χ3n) is 2.26. The summed E-state index contributed by atoms with van der Waals surface area (Å²) >= 11 is 0. The van der Waals surface area contributed by atoms with Crippen LogP contribution in [-0.2, 0) is 6.54 Å². The number of hydrogen-bond acceptors (Lipinski definition) is 5. The molecule has 0 bridgehead atoms. The number of hydrogen-bond donors (Lipinski definition) is 1. The van der Waals surface area contributed by atoms with Gasteiger partial charge in [-0.25, -0.2) is 4.98 Å². The first kappa shape index (κ1) is 12.3. The topological polar surface area (TPSA) is 64.3 Å². The fourth-order valence-corrected chi connectivity index (χ4v) is 1.38. The van der Waals surface area contributed by atoms with Gasteiger partial charge in [-0.15, -0.1) is 0 Å². The monoisotopic (exact) mass is 243 g/mol. The van der Waals surface area contributed by atoms with E-state index in [9.17, 15) is 0 Å². The molecule has 0 atom stereocenters. The van der Waals surface area contributed by atoms with Gasteiger partial charge in [0.05, 0.1) is 5.69 Å². The quantitative estimate of drug-likeness (QED) is 0.883. The van der Waals surface area contributed by atoms with Gasteiger partial charge in [0.1, 0.15) is 5.75 Å².